The second-order valence-electron chi connectivity index (χ2n) is 4.26. The molecule has 1 aromatic heterocycles. The molecule has 1 N–H and O–H groups in total. The van der Waals surface area contributed by atoms with Crippen LogP contribution in [0, 0.1) is 18.3 Å². The first-order valence-electron chi connectivity index (χ1n) is 6.02. The van der Waals surface area contributed by atoms with E-state index in [4.69, 9.17) is 9.68 Å². The Balaban J connectivity index is 1.82. The molecular formula is C15H16N2O. The molecule has 0 saturated carbocycles. The van der Waals surface area contributed by atoms with Gasteiger partial charge in [-0.05, 0) is 42.3 Å². The maximum absolute atomic E-state index is 8.80. The fourth-order valence-electron chi connectivity index (χ4n) is 1.85. The van der Waals surface area contributed by atoms with Crippen LogP contribution in [-0.2, 0) is 13.0 Å². The molecule has 92 valence electrons. The summed E-state index contributed by atoms with van der Waals surface area (Å²) in [6.07, 6.45) is 2.59. The second kappa shape index (κ2) is 6.04. The molecular weight excluding hydrogens is 224 g/mol. The summed E-state index contributed by atoms with van der Waals surface area (Å²) in [5, 5.41) is 12.2. The van der Waals surface area contributed by atoms with Gasteiger partial charge in [-0.3, -0.25) is 0 Å². The summed E-state index contributed by atoms with van der Waals surface area (Å²) < 4.78 is 5.26. The summed E-state index contributed by atoms with van der Waals surface area (Å²) in [6.45, 7) is 3.73. The topological polar surface area (TPSA) is 49.0 Å². The van der Waals surface area contributed by atoms with E-state index in [9.17, 15) is 0 Å². The van der Waals surface area contributed by atoms with E-state index in [1.54, 1.807) is 6.26 Å². The van der Waals surface area contributed by atoms with Gasteiger partial charge in [0.15, 0.2) is 0 Å². The molecule has 18 heavy (non-hydrogen) atoms. The van der Waals surface area contributed by atoms with Crippen molar-refractivity contribution in [2.24, 2.45) is 0 Å². The molecule has 0 radical (unpaired) electrons. The number of nitrogens with zero attached hydrogens (tertiary/aromatic N) is 1. The van der Waals surface area contributed by atoms with E-state index < -0.39 is 0 Å². The number of furan rings is 1. The molecule has 0 aliphatic heterocycles. The zero-order valence-electron chi connectivity index (χ0n) is 10.4. The summed E-state index contributed by atoms with van der Waals surface area (Å²) in [5.74, 6) is 0.999. The van der Waals surface area contributed by atoms with Gasteiger partial charge in [-0.1, -0.05) is 6.07 Å². The quantitative estimate of drug-likeness (QED) is 0.817. The van der Waals surface area contributed by atoms with E-state index in [1.165, 1.54) is 5.56 Å². The number of benzene rings is 1. The van der Waals surface area contributed by atoms with Gasteiger partial charge in [-0.25, -0.2) is 0 Å². The van der Waals surface area contributed by atoms with Crippen molar-refractivity contribution in [1.82, 2.24) is 5.32 Å². The lowest BCUT2D eigenvalue weighted by molar-refractivity contribution is 0.498. The minimum Gasteiger partial charge on any atom is -0.469 e. The molecule has 0 unspecified atom stereocenters. The van der Waals surface area contributed by atoms with Gasteiger partial charge in [0.05, 0.1) is 17.9 Å². The molecule has 0 spiro atoms. The third-order valence-corrected chi connectivity index (χ3v) is 2.92. The number of hydrogen-bond donors (Lipinski definition) is 1. The molecule has 3 nitrogen and oxygen atoms in total. The van der Waals surface area contributed by atoms with Gasteiger partial charge in [0.2, 0.25) is 0 Å². The van der Waals surface area contributed by atoms with Crippen LogP contribution in [0.15, 0.2) is 41.0 Å². The second-order valence-corrected chi connectivity index (χ2v) is 4.26. The average molecular weight is 240 g/mol. The van der Waals surface area contributed by atoms with Crippen LogP contribution in [0.5, 0.6) is 0 Å². The number of nitrogens with one attached hydrogen (secondary N) is 1. The van der Waals surface area contributed by atoms with Gasteiger partial charge in [-0.15, -0.1) is 0 Å². The minimum atomic E-state index is 0.715. The number of nitriles is 1. The predicted molar refractivity (Wildman–Crippen MR) is 70.0 cm³/mol. The van der Waals surface area contributed by atoms with Gasteiger partial charge >= 0.3 is 0 Å². The third-order valence-electron chi connectivity index (χ3n) is 2.92. The van der Waals surface area contributed by atoms with Crippen LogP contribution in [0.1, 0.15) is 22.5 Å². The van der Waals surface area contributed by atoms with Gasteiger partial charge in [-0.2, -0.15) is 5.26 Å². The SMILES string of the molecule is Cc1cc(C#N)ccc1CNCCc1ccco1. The normalized spacial score (nSPS) is 10.2. The number of aryl methyl sites for hydroxylation is 1. The molecule has 2 aromatic rings. The zero-order valence-corrected chi connectivity index (χ0v) is 10.4. The van der Waals surface area contributed by atoms with E-state index in [0.29, 0.717) is 5.56 Å². The van der Waals surface area contributed by atoms with E-state index in [2.05, 4.69) is 11.4 Å². The van der Waals surface area contributed by atoms with E-state index in [1.807, 2.05) is 37.3 Å². The number of rotatable bonds is 5. The summed E-state index contributed by atoms with van der Waals surface area (Å²) >= 11 is 0. The van der Waals surface area contributed by atoms with E-state index in [-0.39, 0.29) is 0 Å². The van der Waals surface area contributed by atoms with Crippen molar-refractivity contribution in [3.05, 3.63) is 59.0 Å². The maximum Gasteiger partial charge on any atom is 0.105 e. The number of hydrogen-bond acceptors (Lipinski definition) is 3. The summed E-state index contributed by atoms with van der Waals surface area (Å²) in [7, 11) is 0. The molecule has 1 aromatic carbocycles. The lowest BCUT2D eigenvalue weighted by atomic mass is 10.1. The van der Waals surface area contributed by atoms with E-state index in [0.717, 1.165) is 30.8 Å². The van der Waals surface area contributed by atoms with Crippen molar-refractivity contribution >= 4 is 0 Å². The van der Waals surface area contributed by atoms with Crippen LogP contribution in [0.25, 0.3) is 0 Å². The predicted octanol–water partition coefficient (Wildman–Crippen LogP) is 2.79. The molecule has 0 atom stereocenters. The van der Waals surface area contributed by atoms with Crippen molar-refractivity contribution in [1.29, 1.82) is 5.26 Å². The fraction of sp³-hybridized carbons (Fsp3) is 0.267. The van der Waals surface area contributed by atoms with Gasteiger partial charge in [0.25, 0.3) is 0 Å². The first-order chi connectivity index (χ1) is 8.79. The lowest BCUT2D eigenvalue weighted by Crippen LogP contribution is -2.17. The third kappa shape index (κ3) is 3.22. The van der Waals surface area contributed by atoms with Crippen molar-refractivity contribution in [2.75, 3.05) is 6.54 Å². The molecule has 0 aliphatic rings. The van der Waals surface area contributed by atoms with Crippen molar-refractivity contribution in [3.8, 4) is 6.07 Å². The van der Waals surface area contributed by atoms with Crippen LogP contribution in [0.2, 0.25) is 0 Å². The first-order valence-corrected chi connectivity index (χ1v) is 6.02. The fourth-order valence-corrected chi connectivity index (χ4v) is 1.85. The van der Waals surface area contributed by atoms with Crippen molar-refractivity contribution in [2.45, 2.75) is 19.9 Å². The Morgan fingerprint density at radius 3 is 2.89 bits per heavy atom. The van der Waals surface area contributed by atoms with Gasteiger partial charge < -0.3 is 9.73 Å². The maximum atomic E-state index is 8.80. The van der Waals surface area contributed by atoms with Crippen LogP contribution >= 0.6 is 0 Å². The van der Waals surface area contributed by atoms with Crippen LogP contribution < -0.4 is 5.32 Å². The average Bonchev–Trinajstić information content (AvgIpc) is 2.89. The van der Waals surface area contributed by atoms with Gasteiger partial charge in [0, 0.05) is 19.5 Å². The highest BCUT2D eigenvalue weighted by Crippen LogP contribution is 2.10. The van der Waals surface area contributed by atoms with Crippen molar-refractivity contribution < 1.29 is 4.42 Å². The molecule has 0 amide bonds. The Hall–Kier alpha value is -2.05. The van der Waals surface area contributed by atoms with Gasteiger partial charge in [0.1, 0.15) is 5.76 Å². The Morgan fingerprint density at radius 1 is 1.33 bits per heavy atom. The zero-order chi connectivity index (χ0) is 12.8. The largest absolute Gasteiger partial charge is 0.469 e. The Labute approximate surface area is 107 Å². The lowest BCUT2D eigenvalue weighted by Gasteiger charge is -2.07. The Kier molecular flexibility index (Phi) is 4.16. The van der Waals surface area contributed by atoms with Crippen LogP contribution in [0.3, 0.4) is 0 Å². The Morgan fingerprint density at radius 2 is 2.22 bits per heavy atom. The summed E-state index contributed by atoms with van der Waals surface area (Å²) in [6, 6.07) is 11.8. The monoisotopic (exact) mass is 240 g/mol. The highest BCUT2D eigenvalue weighted by Gasteiger charge is 2.00. The van der Waals surface area contributed by atoms with Crippen LogP contribution in [0.4, 0.5) is 0 Å². The Bertz CT molecular complexity index is 538. The standard InChI is InChI=1S/C15H16N2O/c1-12-9-13(10-16)4-5-14(12)11-17-7-6-15-3-2-8-18-15/h2-5,8-9,17H,6-7,11H2,1H3. The summed E-state index contributed by atoms with van der Waals surface area (Å²) in [5.41, 5.74) is 3.10. The highest BCUT2D eigenvalue weighted by molar-refractivity contribution is 5.37. The smallest absolute Gasteiger partial charge is 0.105 e. The minimum absolute atomic E-state index is 0.715. The van der Waals surface area contributed by atoms with Crippen molar-refractivity contribution in [3.63, 3.8) is 0 Å². The molecule has 1 heterocycles. The van der Waals surface area contributed by atoms with E-state index >= 15 is 0 Å². The molecule has 3 heteroatoms. The highest BCUT2D eigenvalue weighted by atomic mass is 16.3. The first kappa shape index (κ1) is 12.4. The molecule has 0 fully saturated rings. The molecule has 0 bridgehead atoms. The molecule has 0 aliphatic carbocycles. The molecule has 0 saturated heterocycles. The van der Waals surface area contributed by atoms with Crippen LogP contribution in [-0.4, -0.2) is 6.54 Å². The summed E-state index contributed by atoms with van der Waals surface area (Å²) in [4.78, 5) is 0. The molecule has 2 rings (SSSR count).